The third-order valence-electron chi connectivity index (χ3n) is 4.52. The summed E-state index contributed by atoms with van der Waals surface area (Å²) in [6.07, 6.45) is 11.5. The van der Waals surface area contributed by atoms with E-state index in [1.807, 2.05) is 0 Å². The van der Waals surface area contributed by atoms with Crippen LogP contribution in [0.2, 0.25) is 0 Å². The lowest BCUT2D eigenvalue weighted by Gasteiger charge is -2.45. The van der Waals surface area contributed by atoms with Crippen LogP contribution in [0.5, 0.6) is 0 Å². The standard InChI is InChI=1S/C14H27NO/c1-2-6-13(15)12-7-10-16-14(11-12)8-4-3-5-9-14/h12-13H,2-11,15H2,1H3. The van der Waals surface area contributed by atoms with Gasteiger partial charge in [0.05, 0.1) is 5.60 Å². The molecule has 0 amide bonds. The molecule has 2 heteroatoms. The van der Waals surface area contributed by atoms with E-state index >= 15 is 0 Å². The van der Waals surface area contributed by atoms with Crippen molar-refractivity contribution in [2.75, 3.05) is 6.61 Å². The fourth-order valence-electron chi connectivity index (χ4n) is 3.54. The molecule has 2 atom stereocenters. The first kappa shape index (κ1) is 12.4. The number of ether oxygens (including phenoxy) is 1. The van der Waals surface area contributed by atoms with Gasteiger partial charge in [0.25, 0.3) is 0 Å². The number of nitrogens with two attached hydrogens (primary N) is 1. The van der Waals surface area contributed by atoms with Crippen LogP contribution in [0, 0.1) is 5.92 Å². The van der Waals surface area contributed by atoms with E-state index in [-0.39, 0.29) is 5.60 Å². The third-order valence-corrected chi connectivity index (χ3v) is 4.52. The van der Waals surface area contributed by atoms with Crippen molar-refractivity contribution in [1.82, 2.24) is 0 Å². The predicted molar refractivity (Wildman–Crippen MR) is 67.4 cm³/mol. The Bertz CT molecular complexity index is 205. The first-order chi connectivity index (χ1) is 7.76. The van der Waals surface area contributed by atoms with Crippen molar-refractivity contribution in [2.24, 2.45) is 11.7 Å². The van der Waals surface area contributed by atoms with Crippen molar-refractivity contribution in [3.63, 3.8) is 0 Å². The Labute approximate surface area is 99.9 Å². The maximum atomic E-state index is 6.29. The first-order valence-electron chi connectivity index (χ1n) is 7.15. The van der Waals surface area contributed by atoms with Crippen LogP contribution in [0.25, 0.3) is 0 Å². The van der Waals surface area contributed by atoms with Gasteiger partial charge in [-0.05, 0) is 38.0 Å². The molecule has 0 aromatic heterocycles. The minimum Gasteiger partial charge on any atom is -0.375 e. The van der Waals surface area contributed by atoms with Gasteiger partial charge >= 0.3 is 0 Å². The van der Waals surface area contributed by atoms with Gasteiger partial charge in [0.15, 0.2) is 0 Å². The molecule has 1 aliphatic heterocycles. The molecule has 0 radical (unpaired) electrons. The molecule has 16 heavy (non-hydrogen) atoms. The Morgan fingerprint density at radius 2 is 2.06 bits per heavy atom. The van der Waals surface area contributed by atoms with E-state index in [0.29, 0.717) is 12.0 Å². The largest absolute Gasteiger partial charge is 0.375 e. The van der Waals surface area contributed by atoms with E-state index in [4.69, 9.17) is 10.5 Å². The van der Waals surface area contributed by atoms with Crippen molar-refractivity contribution >= 4 is 0 Å². The molecule has 2 unspecified atom stereocenters. The molecule has 2 rings (SSSR count). The van der Waals surface area contributed by atoms with Crippen molar-refractivity contribution in [2.45, 2.75) is 76.4 Å². The predicted octanol–water partition coefficient (Wildman–Crippen LogP) is 3.24. The van der Waals surface area contributed by atoms with Gasteiger partial charge < -0.3 is 10.5 Å². The summed E-state index contributed by atoms with van der Waals surface area (Å²) in [5.41, 5.74) is 6.52. The molecule has 94 valence electrons. The van der Waals surface area contributed by atoms with Gasteiger partial charge in [-0.25, -0.2) is 0 Å². The van der Waals surface area contributed by atoms with Crippen LogP contribution in [0.3, 0.4) is 0 Å². The highest BCUT2D eigenvalue weighted by Gasteiger charge is 2.39. The van der Waals surface area contributed by atoms with Gasteiger partial charge in [0.1, 0.15) is 0 Å². The first-order valence-corrected chi connectivity index (χ1v) is 7.15. The van der Waals surface area contributed by atoms with E-state index in [0.717, 1.165) is 6.61 Å². The Hall–Kier alpha value is -0.0800. The molecule has 0 aromatic rings. The molecule has 2 aliphatic rings. The lowest BCUT2D eigenvalue weighted by Crippen LogP contribution is -2.46. The second-order valence-electron chi connectivity index (χ2n) is 5.80. The van der Waals surface area contributed by atoms with Gasteiger partial charge in [-0.2, -0.15) is 0 Å². The van der Waals surface area contributed by atoms with Gasteiger partial charge in [0.2, 0.25) is 0 Å². The quantitative estimate of drug-likeness (QED) is 0.800. The maximum absolute atomic E-state index is 6.29. The van der Waals surface area contributed by atoms with E-state index in [1.165, 1.54) is 57.8 Å². The Morgan fingerprint density at radius 1 is 1.31 bits per heavy atom. The minimum absolute atomic E-state index is 0.229. The molecule has 2 N–H and O–H groups in total. The smallest absolute Gasteiger partial charge is 0.0685 e. The maximum Gasteiger partial charge on any atom is 0.0685 e. The van der Waals surface area contributed by atoms with Crippen LogP contribution >= 0.6 is 0 Å². The van der Waals surface area contributed by atoms with Gasteiger partial charge in [0, 0.05) is 12.6 Å². The molecule has 1 saturated heterocycles. The fraction of sp³-hybridized carbons (Fsp3) is 1.00. The van der Waals surface area contributed by atoms with Crippen LogP contribution in [0.15, 0.2) is 0 Å². The summed E-state index contributed by atoms with van der Waals surface area (Å²) in [5, 5.41) is 0. The average molecular weight is 225 g/mol. The Kier molecular flexibility index (Phi) is 4.26. The van der Waals surface area contributed by atoms with Gasteiger partial charge in [-0.3, -0.25) is 0 Å². The number of hydrogen-bond donors (Lipinski definition) is 1. The summed E-state index contributed by atoms with van der Waals surface area (Å²) in [4.78, 5) is 0. The van der Waals surface area contributed by atoms with Crippen LogP contribution in [0.1, 0.15) is 64.7 Å². The van der Waals surface area contributed by atoms with E-state index in [9.17, 15) is 0 Å². The van der Waals surface area contributed by atoms with Gasteiger partial charge in [-0.15, -0.1) is 0 Å². The molecule has 2 fully saturated rings. The van der Waals surface area contributed by atoms with E-state index in [2.05, 4.69) is 6.92 Å². The van der Waals surface area contributed by atoms with Crippen LogP contribution in [-0.4, -0.2) is 18.2 Å². The lowest BCUT2D eigenvalue weighted by molar-refractivity contribution is -0.120. The second kappa shape index (κ2) is 5.50. The van der Waals surface area contributed by atoms with Crippen LogP contribution in [-0.2, 0) is 4.74 Å². The molecule has 1 aliphatic carbocycles. The molecule has 1 spiro atoms. The SMILES string of the molecule is CCCC(N)C1CCOC2(CCCCC2)C1. The number of rotatable bonds is 3. The zero-order chi connectivity index (χ0) is 11.4. The molecule has 2 nitrogen and oxygen atoms in total. The highest BCUT2D eigenvalue weighted by Crippen LogP contribution is 2.41. The molecule has 1 saturated carbocycles. The van der Waals surface area contributed by atoms with E-state index in [1.54, 1.807) is 0 Å². The summed E-state index contributed by atoms with van der Waals surface area (Å²) >= 11 is 0. The van der Waals surface area contributed by atoms with Crippen molar-refractivity contribution < 1.29 is 4.74 Å². The fourth-order valence-corrected chi connectivity index (χ4v) is 3.54. The summed E-state index contributed by atoms with van der Waals surface area (Å²) in [6, 6.07) is 0.410. The molecular weight excluding hydrogens is 198 g/mol. The molecular formula is C14H27NO. The summed E-state index contributed by atoms with van der Waals surface area (Å²) in [6.45, 7) is 3.18. The molecule has 0 bridgehead atoms. The summed E-state index contributed by atoms with van der Waals surface area (Å²) < 4.78 is 6.11. The molecule has 1 heterocycles. The Morgan fingerprint density at radius 3 is 2.75 bits per heavy atom. The number of hydrogen-bond acceptors (Lipinski definition) is 2. The van der Waals surface area contributed by atoms with Crippen LogP contribution < -0.4 is 5.73 Å². The normalized spacial score (nSPS) is 31.5. The lowest BCUT2D eigenvalue weighted by atomic mass is 9.73. The molecule has 0 aromatic carbocycles. The average Bonchev–Trinajstić information content (AvgIpc) is 2.30. The van der Waals surface area contributed by atoms with Crippen LogP contribution in [0.4, 0.5) is 0 Å². The summed E-state index contributed by atoms with van der Waals surface area (Å²) in [7, 11) is 0. The minimum atomic E-state index is 0.229. The highest BCUT2D eigenvalue weighted by atomic mass is 16.5. The van der Waals surface area contributed by atoms with Crippen molar-refractivity contribution in [3.05, 3.63) is 0 Å². The monoisotopic (exact) mass is 225 g/mol. The van der Waals surface area contributed by atoms with E-state index < -0.39 is 0 Å². The third kappa shape index (κ3) is 2.78. The van der Waals surface area contributed by atoms with Gasteiger partial charge in [-0.1, -0.05) is 32.6 Å². The van der Waals surface area contributed by atoms with Crippen molar-refractivity contribution in [3.8, 4) is 0 Å². The topological polar surface area (TPSA) is 35.2 Å². The zero-order valence-electron chi connectivity index (χ0n) is 10.7. The zero-order valence-corrected chi connectivity index (χ0v) is 10.7. The summed E-state index contributed by atoms with van der Waals surface area (Å²) in [5.74, 6) is 0.715. The Balaban J connectivity index is 1.92. The second-order valence-corrected chi connectivity index (χ2v) is 5.80. The highest BCUT2D eigenvalue weighted by molar-refractivity contribution is 4.92. The van der Waals surface area contributed by atoms with Crippen molar-refractivity contribution in [1.29, 1.82) is 0 Å².